The Morgan fingerprint density at radius 3 is 2.86 bits per heavy atom. The quantitative estimate of drug-likeness (QED) is 0.847. The molecule has 1 atom stereocenters. The molecule has 3 N–H and O–H groups in total. The Hall–Kier alpha value is -2.43. The maximum Gasteiger partial charge on any atom is 0.261 e. The van der Waals surface area contributed by atoms with E-state index in [0.717, 1.165) is 25.1 Å². The number of anilines is 1. The van der Waals surface area contributed by atoms with Crippen molar-refractivity contribution in [3.8, 4) is 5.75 Å². The molecular weight excluding hydrogens is 266 g/mol. The van der Waals surface area contributed by atoms with Crippen LogP contribution in [0.1, 0.15) is 24.6 Å². The van der Waals surface area contributed by atoms with Gasteiger partial charge in [0.05, 0.1) is 6.04 Å². The van der Waals surface area contributed by atoms with Crippen LogP contribution < -0.4 is 10.5 Å². The van der Waals surface area contributed by atoms with Crippen LogP contribution in [0.4, 0.5) is 5.69 Å². The molecule has 0 spiro atoms. The molecule has 3 rings (SSSR count). The number of rotatable bonds is 4. The molecule has 1 aromatic carbocycles. The van der Waals surface area contributed by atoms with Gasteiger partial charge in [0.25, 0.3) is 5.91 Å². The third-order valence-electron chi connectivity index (χ3n) is 3.80. The van der Waals surface area contributed by atoms with Crippen molar-refractivity contribution in [2.75, 3.05) is 18.9 Å². The number of nitrogens with zero attached hydrogens (tertiary/aromatic N) is 1. The lowest BCUT2D eigenvalue weighted by molar-refractivity contribution is -0.134. The smallest absolute Gasteiger partial charge is 0.261 e. The molecule has 5 heteroatoms. The fraction of sp³-hybridized carbons (Fsp3) is 0.312. The predicted octanol–water partition coefficient (Wildman–Crippen LogP) is 2.34. The lowest BCUT2D eigenvalue weighted by atomic mass is 10.1. The summed E-state index contributed by atoms with van der Waals surface area (Å²) in [5.41, 5.74) is 7.39. The monoisotopic (exact) mass is 285 g/mol. The van der Waals surface area contributed by atoms with Gasteiger partial charge in [-0.1, -0.05) is 0 Å². The molecule has 2 heterocycles. The number of likely N-dealkylation sites (tertiary alicyclic amines) is 1. The molecule has 21 heavy (non-hydrogen) atoms. The molecule has 1 saturated heterocycles. The van der Waals surface area contributed by atoms with Crippen molar-refractivity contribution in [3.05, 3.63) is 48.3 Å². The van der Waals surface area contributed by atoms with Gasteiger partial charge in [0.15, 0.2) is 6.61 Å². The Labute approximate surface area is 123 Å². The van der Waals surface area contributed by atoms with Crippen molar-refractivity contribution in [1.29, 1.82) is 0 Å². The van der Waals surface area contributed by atoms with Crippen LogP contribution in [-0.4, -0.2) is 28.9 Å². The number of aromatic amines is 1. The first-order chi connectivity index (χ1) is 10.2. The van der Waals surface area contributed by atoms with E-state index in [4.69, 9.17) is 10.5 Å². The summed E-state index contributed by atoms with van der Waals surface area (Å²) in [6.45, 7) is 0.842. The summed E-state index contributed by atoms with van der Waals surface area (Å²) < 4.78 is 5.54. The maximum atomic E-state index is 12.4. The molecule has 5 nitrogen and oxygen atoms in total. The fourth-order valence-corrected chi connectivity index (χ4v) is 2.73. The lowest BCUT2D eigenvalue weighted by Crippen LogP contribution is -2.34. The molecule has 1 aromatic heterocycles. The number of hydrogen-bond donors (Lipinski definition) is 2. The van der Waals surface area contributed by atoms with E-state index in [0.29, 0.717) is 11.4 Å². The SMILES string of the molecule is Nc1ccc(OCC(=O)N2CCCC2c2ccc[nH]2)cc1. The van der Waals surface area contributed by atoms with E-state index >= 15 is 0 Å². The van der Waals surface area contributed by atoms with Gasteiger partial charge in [0, 0.05) is 24.1 Å². The standard InChI is InChI=1S/C16H19N3O2/c17-12-5-7-13(8-6-12)21-11-16(20)19-10-2-4-15(19)14-3-1-9-18-14/h1,3,5-9,15,18H,2,4,10-11,17H2. The Kier molecular flexibility index (Phi) is 3.81. The second-order valence-corrected chi connectivity index (χ2v) is 5.23. The molecule has 0 radical (unpaired) electrons. The van der Waals surface area contributed by atoms with E-state index in [1.807, 2.05) is 23.2 Å². The molecule has 1 unspecified atom stereocenters. The number of carbonyl (C=O) groups excluding carboxylic acids is 1. The van der Waals surface area contributed by atoms with Gasteiger partial charge in [-0.3, -0.25) is 4.79 Å². The van der Waals surface area contributed by atoms with Gasteiger partial charge in [0.2, 0.25) is 0 Å². The fourth-order valence-electron chi connectivity index (χ4n) is 2.73. The van der Waals surface area contributed by atoms with Crippen molar-refractivity contribution in [3.63, 3.8) is 0 Å². The van der Waals surface area contributed by atoms with E-state index in [1.54, 1.807) is 24.3 Å². The van der Waals surface area contributed by atoms with Gasteiger partial charge >= 0.3 is 0 Å². The van der Waals surface area contributed by atoms with Crippen molar-refractivity contribution in [1.82, 2.24) is 9.88 Å². The molecule has 0 saturated carbocycles. The topological polar surface area (TPSA) is 71.3 Å². The van der Waals surface area contributed by atoms with Crippen LogP contribution in [0.2, 0.25) is 0 Å². The van der Waals surface area contributed by atoms with Crippen LogP contribution in [-0.2, 0) is 4.79 Å². The number of nitrogens with one attached hydrogen (secondary N) is 1. The maximum absolute atomic E-state index is 12.4. The van der Waals surface area contributed by atoms with Gasteiger partial charge in [-0.05, 0) is 49.2 Å². The van der Waals surface area contributed by atoms with Gasteiger partial charge in [0.1, 0.15) is 5.75 Å². The first kappa shape index (κ1) is 13.5. The number of carbonyl (C=O) groups is 1. The van der Waals surface area contributed by atoms with Crippen LogP contribution in [0.3, 0.4) is 0 Å². The highest BCUT2D eigenvalue weighted by Gasteiger charge is 2.30. The van der Waals surface area contributed by atoms with Crippen LogP contribution in [0.5, 0.6) is 5.75 Å². The summed E-state index contributed by atoms with van der Waals surface area (Å²) in [6.07, 6.45) is 3.91. The number of ether oxygens (including phenoxy) is 1. The van der Waals surface area contributed by atoms with Crippen molar-refractivity contribution in [2.45, 2.75) is 18.9 Å². The second-order valence-electron chi connectivity index (χ2n) is 5.23. The highest BCUT2D eigenvalue weighted by molar-refractivity contribution is 5.78. The first-order valence-corrected chi connectivity index (χ1v) is 7.15. The van der Waals surface area contributed by atoms with Crippen molar-refractivity contribution in [2.24, 2.45) is 0 Å². The van der Waals surface area contributed by atoms with E-state index in [9.17, 15) is 4.79 Å². The molecule has 1 aliphatic rings. The summed E-state index contributed by atoms with van der Waals surface area (Å²) in [5, 5.41) is 0. The predicted molar refractivity (Wildman–Crippen MR) is 80.8 cm³/mol. The number of benzene rings is 1. The Morgan fingerprint density at radius 2 is 2.14 bits per heavy atom. The molecule has 1 amide bonds. The average molecular weight is 285 g/mol. The normalized spacial score (nSPS) is 17.9. The zero-order valence-electron chi connectivity index (χ0n) is 11.8. The third kappa shape index (κ3) is 3.02. The van der Waals surface area contributed by atoms with E-state index in [-0.39, 0.29) is 18.6 Å². The first-order valence-electron chi connectivity index (χ1n) is 7.15. The Morgan fingerprint density at radius 1 is 1.33 bits per heavy atom. The molecule has 0 aliphatic carbocycles. The van der Waals surface area contributed by atoms with Crippen molar-refractivity contribution < 1.29 is 9.53 Å². The number of H-pyrrole nitrogens is 1. The van der Waals surface area contributed by atoms with Crippen LogP contribution >= 0.6 is 0 Å². The van der Waals surface area contributed by atoms with Crippen LogP contribution in [0.15, 0.2) is 42.6 Å². The minimum absolute atomic E-state index is 0.0175. The average Bonchev–Trinajstić information content (AvgIpc) is 3.16. The van der Waals surface area contributed by atoms with E-state index in [2.05, 4.69) is 4.98 Å². The van der Waals surface area contributed by atoms with Gasteiger partial charge in [-0.2, -0.15) is 0 Å². The second kappa shape index (κ2) is 5.91. The van der Waals surface area contributed by atoms with Crippen molar-refractivity contribution >= 4 is 11.6 Å². The van der Waals surface area contributed by atoms with Gasteiger partial charge < -0.3 is 20.4 Å². The minimum atomic E-state index is 0.0175. The minimum Gasteiger partial charge on any atom is -0.484 e. The lowest BCUT2D eigenvalue weighted by Gasteiger charge is -2.24. The summed E-state index contributed by atoms with van der Waals surface area (Å²) in [6, 6.07) is 11.2. The van der Waals surface area contributed by atoms with Gasteiger partial charge in [-0.25, -0.2) is 0 Å². The summed E-state index contributed by atoms with van der Waals surface area (Å²) in [7, 11) is 0. The zero-order chi connectivity index (χ0) is 14.7. The number of hydrogen-bond acceptors (Lipinski definition) is 3. The number of nitrogens with two attached hydrogens (primary N) is 1. The Balaban J connectivity index is 1.61. The molecule has 1 aliphatic heterocycles. The summed E-state index contributed by atoms with van der Waals surface area (Å²) >= 11 is 0. The van der Waals surface area contributed by atoms with E-state index < -0.39 is 0 Å². The third-order valence-corrected chi connectivity index (χ3v) is 3.80. The molecular formula is C16H19N3O2. The molecule has 2 aromatic rings. The molecule has 110 valence electrons. The zero-order valence-corrected chi connectivity index (χ0v) is 11.8. The summed E-state index contributed by atoms with van der Waals surface area (Å²) in [4.78, 5) is 17.4. The molecule has 0 bridgehead atoms. The number of nitrogen functional groups attached to an aromatic ring is 1. The highest BCUT2D eigenvalue weighted by Crippen LogP contribution is 2.30. The number of aromatic nitrogens is 1. The Bertz CT molecular complexity index is 592. The van der Waals surface area contributed by atoms with Crippen LogP contribution in [0.25, 0.3) is 0 Å². The largest absolute Gasteiger partial charge is 0.484 e. The highest BCUT2D eigenvalue weighted by atomic mass is 16.5. The van der Waals surface area contributed by atoms with Gasteiger partial charge in [-0.15, -0.1) is 0 Å². The molecule has 1 fully saturated rings. The van der Waals surface area contributed by atoms with E-state index in [1.165, 1.54) is 0 Å². The van der Waals surface area contributed by atoms with Crippen LogP contribution in [0, 0.1) is 0 Å². The number of amides is 1. The summed E-state index contributed by atoms with van der Waals surface area (Å²) in [5.74, 6) is 0.678.